The van der Waals surface area contributed by atoms with Gasteiger partial charge in [-0.15, -0.1) is 0 Å². The Morgan fingerprint density at radius 3 is 2.47 bits per heavy atom. The monoisotopic (exact) mass is 413 g/mol. The number of carbonyl (C=O) groups excluding carboxylic acids is 2. The lowest BCUT2D eigenvalue weighted by molar-refractivity contribution is -0.136. The summed E-state index contributed by atoms with van der Waals surface area (Å²) in [5.41, 5.74) is 2.88. The summed E-state index contributed by atoms with van der Waals surface area (Å²) >= 11 is 0. The number of benzene rings is 2. The predicted molar refractivity (Wildman–Crippen MR) is 111 cm³/mol. The molecule has 0 radical (unpaired) electrons. The Labute approximate surface area is 173 Å². The summed E-state index contributed by atoms with van der Waals surface area (Å²) in [5.74, 6) is -2.15. The molecule has 0 aliphatic rings. The van der Waals surface area contributed by atoms with Crippen molar-refractivity contribution in [2.75, 3.05) is 19.0 Å². The quantitative estimate of drug-likeness (QED) is 0.251. The van der Waals surface area contributed by atoms with Gasteiger partial charge in [-0.1, -0.05) is 13.3 Å². The maximum absolute atomic E-state index is 12.0. The SMILES string of the molecule is CCCCOc1ccc(NC(=O)C(=O)N/N=C\c2ccc(OC)c(C(=O)O)c2)cc1. The van der Waals surface area contributed by atoms with Gasteiger partial charge in [0.25, 0.3) is 0 Å². The van der Waals surface area contributed by atoms with E-state index in [9.17, 15) is 14.4 Å². The smallest absolute Gasteiger partial charge is 0.339 e. The third-order valence-corrected chi connectivity index (χ3v) is 3.92. The van der Waals surface area contributed by atoms with Crippen molar-refractivity contribution in [1.82, 2.24) is 5.43 Å². The number of nitrogens with zero attached hydrogens (tertiary/aromatic N) is 1. The van der Waals surface area contributed by atoms with E-state index in [1.807, 2.05) is 0 Å². The molecule has 0 bridgehead atoms. The summed E-state index contributed by atoms with van der Waals surface area (Å²) in [7, 11) is 1.36. The van der Waals surface area contributed by atoms with Crippen molar-refractivity contribution in [3.8, 4) is 11.5 Å². The molecule has 2 rings (SSSR count). The van der Waals surface area contributed by atoms with E-state index in [1.54, 1.807) is 30.3 Å². The van der Waals surface area contributed by atoms with Gasteiger partial charge in [-0.25, -0.2) is 10.2 Å². The number of ether oxygens (including phenoxy) is 2. The van der Waals surface area contributed by atoms with Crippen LogP contribution in [0, 0.1) is 0 Å². The number of aromatic carboxylic acids is 1. The first-order valence-corrected chi connectivity index (χ1v) is 9.23. The van der Waals surface area contributed by atoms with Crippen LogP contribution in [0.2, 0.25) is 0 Å². The molecule has 0 spiro atoms. The van der Waals surface area contributed by atoms with Crippen molar-refractivity contribution in [3.05, 3.63) is 53.6 Å². The molecule has 158 valence electrons. The lowest BCUT2D eigenvalue weighted by atomic mass is 10.1. The molecule has 3 N–H and O–H groups in total. The summed E-state index contributed by atoms with van der Waals surface area (Å²) in [6, 6.07) is 11.0. The van der Waals surface area contributed by atoms with Gasteiger partial charge in [-0.05, 0) is 54.4 Å². The van der Waals surface area contributed by atoms with E-state index in [2.05, 4.69) is 22.8 Å². The summed E-state index contributed by atoms with van der Waals surface area (Å²) in [6.07, 6.45) is 3.21. The second kappa shape index (κ2) is 11.2. The van der Waals surface area contributed by atoms with E-state index < -0.39 is 17.8 Å². The zero-order valence-electron chi connectivity index (χ0n) is 16.7. The van der Waals surface area contributed by atoms with E-state index in [4.69, 9.17) is 14.6 Å². The molecule has 2 aromatic carbocycles. The van der Waals surface area contributed by atoms with Crippen LogP contribution in [0.25, 0.3) is 0 Å². The van der Waals surface area contributed by atoms with Crippen LogP contribution in [0.15, 0.2) is 47.6 Å². The number of amides is 2. The number of anilines is 1. The van der Waals surface area contributed by atoms with Crippen LogP contribution in [-0.2, 0) is 9.59 Å². The maximum Gasteiger partial charge on any atom is 0.339 e. The van der Waals surface area contributed by atoms with Gasteiger partial charge in [0.15, 0.2) is 0 Å². The molecule has 0 aromatic heterocycles. The van der Waals surface area contributed by atoms with Crippen LogP contribution in [0.3, 0.4) is 0 Å². The highest BCUT2D eigenvalue weighted by Gasteiger charge is 2.13. The van der Waals surface area contributed by atoms with Crippen LogP contribution < -0.4 is 20.2 Å². The molecule has 9 nitrogen and oxygen atoms in total. The number of rotatable bonds is 9. The average molecular weight is 413 g/mol. The van der Waals surface area contributed by atoms with Gasteiger partial charge in [0, 0.05) is 5.69 Å². The number of hydrogen-bond acceptors (Lipinski definition) is 6. The molecule has 30 heavy (non-hydrogen) atoms. The van der Waals surface area contributed by atoms with Crippen molar-refractivity contribution < 1.29 is 29.0 Å². The minimum absolute atomic E-state index is 0.0485. The molecule has 0 aliphatic heterocycles. The fraction of sp³-hybridized carbons (Fsp3) is 0.238. The predicted octanol–water partition coefficient (Wildman–Crippen LogP) is 2.66. The van der Waals surface area contributed by atoms with Crippen molar-refractivity contribution in [3.63, 3.8) is 0 Å². The number of carboxylic acids is 1. The minimum atomic E-state index is -1.16. The Bertz CT molecular complexity index is 925. The van der Waals surface area contributed by atoms with Gasteiger partial charge in [-0.2, -0.15) is 5.10 Å². The van der Waals surface area contributed by atoms with Crippen molar-refractivity contribution in [2.45, 2.75) is 19.8 Å². The van der Waals surface area contributed by atoms with Gasteiger partial charge < -0.3 is 19.9 Å². The second-order valence-electron chi connectivity index (χ2n) is 6.14. The normalized spacial score (nSPS) is 10.5. The Hall–Kier alpha value is -3.88. The molecule has 0 atom stereocenters. The zero-order valence-corrected chi connectivity index (χ0v) is 16.7. The Balaban J connectivity index is 1.89. The summed E-state index contributed by atoms with van der Waals surface area (Å²) in [5, 5.41) is 15.3. The van der Waals surface area contributed by atoms with Crippen molar-refractivity contribution in [1.29, 1.82) is 0 Å². The van der Waals surface area contributed by atoms with Crippen LogP contribution >= 0.6 is 0 Å². The number of hydrogen-bond donors (Lipinski definition) is 3. The van der Waals surface area contributed by atoms with Crippen LogP contribution in [0.5, 0.6) is 11.5 Å². The molecule has 0 saturated heterocycles. The van der Waals surface area contributed by atoms with Crippen LogP contribution in [0.1, 0.15) is 35.7 Å². The van der Waals surface area contributed by atoms with E-state index in [1.165, 1.54) is 25.5 Å². The first kappa shape index (κ1) is 22.4. The number of hydrazone groups is 1. The first-order valence-electron chi connectivity index (χ1n) is 9.23. The van der Waals surface area contributed by atoms with E-state index in [0.29, 0.717) is 23.6 Å². The third kappa shape index (κ3) is 6.62. The third-order valence-electron chi connectivity index (χ3n) is 3.92. The van der Waals surface area contributed by atoms with Crippen molar-refractivity contribution >= 4 is 29.7 Å². The lowest BCUT2D eigenvalue weighted by Crippen LogP contribution is -2.32. The fourth-order valence-corrected chi connectivity index (χ4v) is 2.35. The highest BCUT2D eigenvalue weighted by atomic mass is 16.5. The number of methoxy groups -OCH3 is 1. The number of carboxylic acid groups (broad SMARTS) is 1. The number of nitrogens with one attached hydrogen (secondary N) is 2. The summed E-state index contributed by atoms with van der Waals surface area (Å²) in [6.45, 7) is 2.69. The largest absolute Gasteiger partial charge is 0.496 e. The van der Waals surface area contributed by atoms with E-state index in [0.717, 1.165) is 12.8 Å². The average Bonchev–Trinajstić information content (AvgIpc) is 2.74. The number of carbonyl (C=O) groups is 3. The Kier molecular flexibility index (Phi) is 8.37. The molecule has 9 heteroatoms. The second-order valence-corrected chi connectivity index (χ2v) is 6.14. The maximum atomic E-state index is 12.0. The Morgan fingerprint density at radius 2 is 1.83 bits per heavy atom. The zero-order chi connectivity index (χ0) is 21.9. The first-order chi connectivity index (χ1) is 14.4. The highest BCUT2D eigenvalue weighted by molar-refractivity contribution is 6.39. The highest BCUT2D eigenvalue weighted by Crippen LogP contribution is 2.19. The molecule has 0 fully saturated rings. The lowest BCUT2D eigenvalue weighted by Gasteiger charge is -2.07. The summed E-state index contributed by atoms with van der Waals surface area (Å²) < 4.78 is 10.5. The van der Waals surface area contributed by atoms with Crippen LogP contribution in [-0.4, -0.2) is 42.8 Å². The molecule has 0 aliphatic carbocycles. The minimum Gasteiger partial charge on any atom is -0.496 e. The summed E-state index contributed by atoms with van der Waals surface area (Å²) in [4.78, 5) is 35.0. The number of unbranched alkanes of at least 4 members (excludes halogenated alkanes) is 1. The van der Waals surface area contributed by atoms with Gasteiger partial charge in [0.1, 0.15) is 17.1 Å². The van der Waals surface area contributed by atoms with E-state index >= 15 is 0 Å². The van der Waals surface area contributed by atoms with Gasteiger partial charge in [0.05, 0.1) is 19.9 Å². The molecular formula is C21H23N3O6. The van der Waals surface area contributed by atoms with Crippen LogP contribution in [0.4, 0.5) is 5.69 Å². The van der Waals surface area contributed by atoms with E-state index in [-0.39, 0.29) is 11.3 Å². The van der Waals surface area contributed by atoms with Gasteiger partial charge in [-0.3, -0.25) is 9.59 Å². The molecule has 0 saturated carbocycles. The molecule has 0 heterocycles. The standard InChI is InChI=1S/C21H23N3O6/c1-3-4-11-30-16-8-6-15(7-9-16)23-19(25)20(26)24-22-13-14-5-10-18(29-2)17(12-14)21(27)28/h5-10,12-13H,3-4,11H2,1-2H3,(H,23,25)(H,24,26)(H,27,28)/b22-13-. The molecular weight excluding hydrogens is 390 g/mol. The molecule has 2 aromatic rings. The molecule has 0 unspecified atom stereocenters. The topological polar surface area (TPSA) is 126 Å². The molecule has 2 amide bonds. The van der Waals surface area contributed by atoms with Crippen molar-refractivity contribution in [2.24, 2.45) is 5.10 Å². The van der Waals surface area contributed by atoms with Gasteiger partial charge >= 0.3 is 17.8 Å². The Morgan fingerprint density at radius 1 is 1.10 bits per heavy atom. The fourth-order valence-electron chi connectivity index (χ4n) is 2.35. The van der Waals surface area contributed by atoms with Gasteiger partial charge in [0.2, 0.25) is 0 Å².